The van der Waals surface area contributed by atoms with Crippen molar-refractivity contribution >= 4 is 40.0 Å². The second kappa shape index (κ2) is 6.40. The Balaban J connectivity index is 2.73. The molecular formula is C9H13ClIN3. The molecule has 1 aromatic rings. The van der Waals surface area contributed by atoms with Crippen LogP contribution in [0.1, 0.15) is 13.3 Å². The lowest BCUT2D eigenvalue weighted by Gasteiger charge is -2.22. The van der Waals surface area contributed by atoms with Crippen molar-refractivity contribution in [2.45, 2.75) is 13.3 Å². The van der Waals surface area contributed by atoms with Gasteiger partial charge in [-0.2, -0.15) is 0 Å². The molecule has 0 unspecified atom stereocenters. The highest BCUT2D eigenvalue weighted by atomic mass is 127. The smallest absolute Gasteiger partial charge is 0.145 e. The first-order chi connectivity index (χ1) is 6.79. The highest BCUT2D eigenvalue weighted by Gasteiger charge is 2.08. The lowest BCUT2D eigenvalue weighted by Crippen LogP contribution is -2.26. The summed E-state index contributed by atoms with van der Waals surface area (Å²) < 4.78 is 1.08. The molecule has 0 atom stereocenters. The van der Waals surface area contributed by atoms with E-state index in [-0.39, 0.29) is 0 Å². The molecule has 0 aliphatic carbocycles. The van der Waals surface area contributed by atoms with E-state index in [4.69, 9.17) is 11.6 Å². The van der Waals surface area contributed by atoms with Gasteiger partial charge < -0.3 is 4.90 Å². The average molecular weight is 326 g/mol. The summed E-state index contributed by atoms with van der Waals surface area (Å²) in [4.78, 5) is 10.5. The summed E-state index contributed by atoms with van der Waals surface area (Å²) in [6.45, 7) is 4.02. The van der Waals surface area contributed by atoms with E-state index < -0.39 is 0 Å². The van der Waals surface area contributed by atoms with Gasteiger partial charge in [0.1, 0.15) is 12.1 Å². The molecule has 0 N–H and O–H groups in total. The Hall–Kier alpha value is -0.100. The van der Waals surface area contributed by atoms with Crippen LogP contribution in [0.5, 0.6) is 0 Å². The standard InChI is InChI=1S/C9H13ClIN3/c1-2-14(5-3-4-10)9-8(11)6-12-7-13-9/h6-7H,2-5H2,1H3. The van der Waals surface area contributed by atoms with Gasteiger partial charge in [0.05, 0.1) is 3.57 Å². The van der Waals surface area contributed by atoms with Crippen LogP contribution in [0.3, 0.4) is 0 Å². The van der Waals surface area contributed by atoms with Gasteiger partial charge in [0.15, 0.2) is 0 Å². The molecule has 5 heteroatoms. The van der Waals surface area contributed by atoms with Crippen molar-refractivity contribution in [3.8, 4) is 0 Å². The summed E-state index contributed by atoms with van der Waals surface area (Å²) >= 11 is 7.92. The van der Waals surface area contributed by atoms with E-state index >= 15 is 0 Å². The molecule has 0 saturated carbocycles. The molecule has 0 radical (unpaired) electrons. The Morgan fingerprint density at radius 2 is 2.36 bits per heavy atom. The first kappa shape index (κ1) is 12.0. The Morgan fingerprint density at radius 1 is 1.57 bits per heavy atom. The van der Waals surface area contributed by atoms with Crippen LogP contribution >= 0.6 is 34.2 Å². The van der Waals surface area contributed by atoms with E-state index in [9.17, 15) is 0 Å². The molecule has 1 rings (SSSR count). The van der Waals surface area contributed by atoms with Crippen molar-refractivity contribution in [3.05, 3.63) is 16.1 Å². The third-order valence-electron chi connectivity index (χ3n) is 1.89. The Kier molecular flexibility index (Phi) is 5.47. The van der Waals surface area contributed by atoms with Crippen molar-refractivity contribution < 1.29 is 0 Å². The number of halogens is 2. The maximum atomic E-state index is 5.67. The highest BCUT2D eigenvalue weighted by Crippen LogP contribution is 2.17. The van der Waals surface area contributed by atoms with E-state index in [2.05, 4.69) is 44.4 Å². The summed E-state index contributed by atoms with van der Waals surface area (Å²) in [5.74, 6) is 1.70. The van der Waals surface area contributed by atoms with Gasteiger partial charge >= 0.3 is 0 Å². The first-order valence-corrected chi connectivity index (χ1v) is 6.17. The molecular weight excluding hydrogens is 312 g/mol. The fraction of sp³-hybridized carbons (Fsp3) is 0.556. The topological polar surface area (TPSA) is 29.0 Å². The molecule has 78 valence electrons. The number of hydrogen-bond acceptors (Lipinski definition) is 3. The van der Waals surface area contributed by atoms with Gasteiger partial charge in [0.2, 0.25) is 0 Å². The number of alkyl halides is 1. The van der Waals surface area contributed by atoms with Gasteiger partial charge in [-0.15, -0.1) is 11.6 Å². The summed E-state index contributed by atoms with van der Waals surface area (Å²) in [7, 11) is 0. The monoisotopic (exact) mass is 325 g/mol. The second-order valence-corrected chi connectivity index (χ2v) is 4.36. The number of nitrogens with zero attached hydrogens (tertiary/aromatic N) is 3. The van der Waals surface area contributed by atoms with E-state index in [0.717, 1.165) is 28.9 Å². The number of rotatable bonds is 5. The highest BCUT2D eigenvalue weighted by molar-refractivity contribution is 14.1. The van der Waals surface area contributed by atoms with Crippen molar-refractivity contribution in [2.24, 2.45) is 0 Å². The van der Waals surface area contributed by atoms with Crippen molar-refractivity contribution in [3.63, 3.8) is 0 Å². The zero-order valence-electron chi connectivity index (χ0n) is 8.08. The molecule has 0 saturated heterocycles. The zero-order valence-corrected chi connectivity index (χ0v) is 11.0. The minimum absolute atomic E-state index is 0.693. The van der Waals surface area contributed by atoms with E-state index in [1.165, 1.54) is 0 Å². The summed E-state index contributed by atoms with van der Waals surface area (Å²) in [6.07, 6.45) is 4.39. The number of hydrogen-bond donors (Lipinski definition) is 0. The minimum atomic E-state index is 0.693. The average Bonchev–Trinajstić information content (AvgIpc) is 2.21. The molecule has 0 aliphatic rings. The van der Waals surface area contributed by atoms with Crippen LogP contribution < -0.4 is 4.90 Å². The third-order valence-corrected chi connectivity index (χ3v) is 2.92. The number of anilines is 1. The molecule has 0 aliphatic heterocycles. The zero-order chi connectivity index (χ0) is 10.4. The summed E-state index contributed by atoms with van der Waals surface area (Å²) in [5.41, 5.74) is 0. The van der Waals surface area contributed by atoms with Gasteiger partial charge in [0.25, 0.3) is 0 Å². The molecule has 0 spiro atoms. The van der Waals surface area contributed by atoms with Gasteiger partial charge in [-0.1, -0.05) is 0 Å². The lowest BCUT2D eigenvalue weighted by atomic mass is 10.4. The predicted molar refractivity (Wildman–Crippen MR) is 68.0 cm³/mol. The van der Waals surface area contributed by atoms with Crippen molar-refractivity contribution in [1.82, 2.24) is 9.97 Å². The van der Waals surface area contributed by atoms with Crippen LogP contribution in [0, 0.1) is 3.57 Å². The van der Waals surface area contributed by atoms with Gasteiger partial charge in [-0.05, 0) is 35.9 Å². The maximum Gasteiger partial charge on any atom is 0.145 e. The van der Waals surface area contributed by atoms with E-state index in [1.807, 2.05) is 6.20 Å². The molecule has 0 bridgehead atoms. The SMILES string of the molecule is CCN(CCCCl)c1ncncc1I. The minimum Gasteiger partial charge on any atom is -0.356 e. The van der Waals surface area contributed by atoms with Crippen molar-refractivity contribution in [1.29, 1.82) is 0 Å². The molecule has 0 amide bonds. The lowest BCUT2D eigenvalue weighted by molar-refractivity contribution is 0.776. The van der Waals surface area contributed by atoms with Gasteiger partial charge in [-0.3, -0.25) is 0 Å². The predicted octanol–water partition coefficient (Wildman–Crippen LogP) is 2.54. The van der Waals surface area contributed by atoms with Crippen LogP contribution in [0.15, 0.2) is 12.5 Å². The molecule has 14 heavy (non-hydrogen) atoms. The van der Waals surface area contributed by atoms with Crippen molar-refractivity contribution in [2.75, 3.05) is 23.9 Å². The largest absolute Gasteiger partial charge is 0.356 e. The fourth-order valence-corrected chi connectivity index (χ4v) is 1.96. The quantitative estimate of drug-likeness (QED) is 0.615. The molecule has 1 aromatic heterocycles. The fourth-order valence-electron chi connectivity index (χ4n) is 1.20. The Morgan fingerprint density at radius 3 is 2.93 bits per heavy atom. The Labute approximate surface area is 103 Å². The third kappa shape index (κ3) is 3.24. The van der Waals surface area contributed by atoms with Crippen LogP contribution in [-0.4, -0.2) is 28.9 Å². The summed E-state index contributed by atoms with van der Waals surface area (Å²) in [5, 5.41) is 0. The maximum absolute atomic E-state index is 5.67. The van der Waals surface area contributed by atoms with Gasteiger partial charge in [-0.25, -0.2) is 9.97 Å². The Bertz CT molecular complexity index is 283. The van der Waals surface area contributed by atoms with E-state index in [0.29, 0.717) is 5.88 Å². The molecule has 0 fully saturated rings. The molecule has 3 nitrogen and oxygen atoms in total. The van der Waals surface area contributed by atoms with Gasteiger partial charge in [0, 0.05) is 25.2 Å². The van der Waals surface area contributed by atoms with Crippen LogP contribution in [0.25, 0.3) is 0 Å². The van der Waals surface area contributed by atoms with Crippen LogP contribution in [0.4, 0.5) is 5.82 Å². The van der Waals surface area contributed by atoms with E-state index in [1.54, 1.807) is 6.33 Å². The molecule has 1 heterocycles. The van der Waals surface area contributed by atoms with Crippen LogP contribution in [0.2, 0.25) is 0 Å². The normalized spacial score (nSPS) is 10.2. The second-order valence-electron chi connectivity index (χ2n) is 2.82. The number of aromatic nitrogens is 2. The molecule has 0 aromatic carbocycles. The van der Waals surface area contributed by atoms with Crippen LogP contribution in [-0.2, 0) is 0 Å². The first-order valence-electron chi connectivity index (χ1n) is 4.56. The summed E-state index contributed by atoms with van der Waals surface area (Å²) in [6, 6.07) is 0.